The lowest BCUT2D eigenvalue weighted by Gasteiger charge is -2.23. The number of hydrogen-bond acceptors (Lipinski definition) is 3. The van der Waals surface area contributed by atoms with Crippen LogP contribution in [0, 0.1) is 0 Å². The van der Waals surface area contributed by atoms with Crippen molar-refractivity contribution < 1.29 is 4.79 Å². The van der Waals surface area contributed by atoms with Crippen LogP contribution in [0.3, 0.4) is 0 Å². The molecule has 3 aromatic rings. The van der Waals surface area contributed by atoms with E-state index in [1.807, 2.05) is 36.4 Å². The lowest BCUT2D eigenvalue weighted by Crippen LogP contribution is -2.18. The largest absolute Gasteiger partial charge is 0.342 e. The van der Waals surface area contributed by atoms with E-state index >= 15 is 0 Å². The maximum atomic E-state index is 12.5. The number of halogens is 1. The monoisotopic (exact) mass is 351 g/mol. The van der Waals surface area contributed by atoms with Gasteiger partial charge in [-0.2, -0.15) is 0 Å². The minimum absolute atomic E-state index is 0.256. The lowest BCUT2D eigenvalue weighted by atomic mass is 10.2. The van der Waals surface area contributed by atoms with Gasteiger partial charge in [-0.25, -0.2) is 0 Å². The molecule has 1 heterocycles. The van der Waals surface area contributed by atoms with Gasteiger partial charge in [-0.3, -0.25) is 9.78 Å². The molecule has 1 amide bonds. The maximum absolute atomic E-state index is 12.5. The van der Waals surface area contributed by atoms with Crippen molar-refractivity contribution >= 4 is 34.6 Å². The van der Waals surface area contributed by atoms with E-state index in [0.29, 0.717) is 16.4 Å². The first-order chi connectivity index (χ1) is 12.2. The number of aromatic nitrogens is 1. The van der Waals surface area contributed by atoms with Gasteiger partial charge in [0.25, 0.3) is 5.91 Å². The summed E-state index contributed by atoms with van der Waals surface area (Å²) >= 11 is 5.86. The molecular formula is C20H18ClN3O. The summed E-state index contributed by atoms with van der Waals surface area (Å²) in [5, 5.41) is 3.46. The quantitative estimate of drug-likeness (QED) is 0.691. The van der Waals surface area contributed by atoms with Gasteiger partial charge in [0.1, 0.15) is 5.69 Å². The highest BCUT2D eigenvalue weighted by molar-refractivity contribution is 6.30. The fraction of sp³-hybridized carbons (Fsp3) is 0.100. The van der Waals surface area contributed by atoms with Crippen molar-refractivity contribution in [1.82, 2.24) is 4.98 Å². The molecule has 0 spiro atoms. The highest BCUT2D eigenvalue weighted by Crippen LogP contribution is 2.25. The summed E-state index contributed by atoms with van der Waals surface area (Å²) in [5.41, 5.74) is 3.03. The fourth-order valence-corrected chi connectivity index (χ4v) is 2.69. The number of benzene rings is 2. The third-order valence-electron chi connectivity index (χ3n) is 3.77. The Morgan fingerprint density at radius 2 is 1.76 bits per heavy atom. The highest BCUT2D eigenvalue weighted by Gasteiger charge is 2.12. The zero-order valence-corrected chi connectivity index (χ0v) is 14.6. The molecule has 0 saturated heterocycles. The van der Waals surface area contributed by atoms with E-state index in [-0.39, 0.29) is 5.91 Å². The molecule has 0 radical (unpaired) electrons. The van der Waals surface area contributed by atoms with Crippen molar-refractivity contribution in [3.05, 3.63) is 83.6 Å². The van der Waals surface area contributed by atoms with Gasteiger partial charge in [-0.05, 0) is 55.5 Å². The number of carbonyl (C=O) groups is 1. The van der Waals surface area contributed by atoms with E-state index < -0.39 is 0 Å². The summed E-state index contributed by atoms with van der Waals surface area (Å²) < 4.78 is 0. The Kier molecular flexibility index (Phi) is 5.31. The highest BCUT2D eigenvalue weighted by atomic mass is 35.5. The minimum atomic E-state index is -0.256. The normalized spacial score (nSPS) is 10.3. The summed E-state index contributed by atoms with van der Waals surface area (Å²) in [4.78, 5) is 18.8. The number of nitrogens with zero attached hydrogens (tertiary/aromatic N) is 2. The van der Waals surface area contributed by atoms with Crippen LogP contribution in [0.15, 0.2) is 72.9 Å². The molecule has 0 aliphatic rings. The van der Waals surface area contributed by atoms with Gasteiger partial charge in [0.05, 0.1) is 0 Å². The molecule has 0 unspecified atom stereocenters. The Bertz CT molecular complexity index is 850. The molecular weight excluding hydrogens is 334 g/mol. The van der Waals surface area contributed by atoms with Gasteiger partial charge in [0.15, 0.2) is 0 Å². The predicted molar refractivity (Wildman–Crippen MR) is 103 cm³/mol. The second kappa shape index (κ2) is 7.81. The molecule has 0 fully saturated rings. The van der Waals surface area contributed by atoms with Gasteiger partial charge >= 0.3 is 0 Å². The van der Waals surface area contributed by atoms with Crippen molar-refractivity contribution in [2.75, 3.05) is 16.8 Å². The average molecular weight is 352 g/mol. The van der Waals surface area contributed by atoms with Crippen LogP contribution in [0.2, 0.25) is 5.02 Å². The Balaban J connectivity index is 1.83. The van der Waals surface area contributed by atoms with Crippen LogP contribution in [-0.2, 0) is 0 Å². The third-order valence-corrected chi connectivity index (χ3v) is 4.03. The first-order valence-electron chi connectivity index (χ1n) is 8.03. The number of para-hydroxylation sites is 1. The molecule has 1 N–H and O–H groups in total. The molecule has 1 aromatic heterocycles. The smallest absolute Gasteiger partial charge is 0.274 e. The molecule has 3 rings (SSSR count). The van der Waals surface area contributed by atoms with Crippen LogP contribution in [-0.4, -0.2) is 17.4 Å². The Morgan fingerprint density at radius 3 is 2.44 bits per heavy atom. The molecule has 0 atom stereocenters. The van der Waals surface area contributed by atoms with E-state index in [4.69, 9.17) is 11.6 Å². The summed E-state index contributed by atoms with van der Waals surface area (Å²) in [6, 6.07) is 20.7. The van der Waals surface area contributed by atoms with Crippen molar-refractivity contribution in [3.8, 4) is 0 Å². The van der Waals surface area contributed by atoms with Crippen molar-refractivity contribution in [2.24, 2.45) is 0 Å². The first kappa shape index (κ1) is 17.0. The predicted octanol–water partition coefficient (Wildman–Crippen LogP) is 5.15. The van der Waals surface area contributed by atoms with E-state index in [9.17, 15) is 4.79 Å². The van der Waals surface area contributed by atoms with E-state index in [2.05, 4.69) is 22.1 Å². The number of nitrogens with one attached hydrogen (secondary N) is 1. The van der Waals surface area contributed by atoms with Gasteiger partial charge in [-0.1, -0.05) is 29.8 Å². The number of hydrogen-bond donors (Lipinski definition) is 1. The van der Waals surface area contributed by atoms with E-state index in [1.165, 1.54) is 0 Å². The SMILES string of the molecule is CCN(c1ccccc1)c1ccnc(C(=O)Nc2ccc(Cl)cc2)c1. The third kappa shape index (κ3) is 4.17. The summed E-state index contributed by atoms with van der Waals surface area (Å²) in [6.45, 7) is 2.85. The molecule has 5 heteroatoms. The van der Waals surface area contributed by atoms with E-state index in [1.54, 1.807) is 36.5 Å². The van der Waals surface area contributed by atoms with Gasteiger partial charge in [-0.15, -0.1) is 0 Å². The Hall–Kier alpha value is -2.85. The van der Waals surface area contributed by atoms with E-state index in [0.717, 1.165) is 17.9 Å². The Labute approximate surface area is 152 Å². The second-order valence-corrected chi connectivity index (χ2v) is 5.88. The number of pyridine rings is 1. The van der Waals surface area contributed by atoms with Crippen molar-refractivity contribution in [3.63, 3.8) is 0 Å². The first-order valence-corrected chi connectivity index (χ1v) is 8.40. The fourth-order valence-electron chi connectivity index (χ4n) is 2.56. The molecule has 4 nitrogen and oxygen atoms in total. The van der Waals surface area contributed by atoms with Crippen LogP contribution in [0.25, 0.3) is 0 Å². The van der Waals surface area contributed by atoms with Gasteiger partial charge in [0, 0.05) is 34.8 Å². The molecule has 0 aliphatic carbocycles. The van der Waals surface area contributed by atoms with Crippen LogP contribution in [0.5, 0.6) is 0 Å². The minimum Gasteiger partial charge on any atom is -0.342 e. The lowest BCUT2D eigenvalue weighted by molar-refractivity contribution is 0.102. The molecule has 25 heavy (non-hydrogen) atoms. The zero-order valence-electron chi connectivity index (χ0n) is 13.8. The number of carbonyl (C=O) groups excluding carboxylic acids is 1. The molecule has 0 aliphatic heterocycles. The molecule has 0 bridgehead atoms. The number of amides is 1. The Morgan fingerprint density at radius 1 is 1.04 bits per heavy atom. The van der Waals surface area contributed by atoms with Gasteiger partial charge < -0.3 is 10.2 Å². The van der Waals surface area contributed by atoms with Crippen molar-refractivity contribution in [1.29, 1.82) is 0 Å². The summed E-state index contributed by atoms with van der Waals surface area (Å²) in [6.07, 6.45) is 1.65. The van der Waals surface area contributed by atoms with Gasteiger partial charge in [0.2, 0.25) is 0 Å². The standard InChI is InChI=1S/C20H18ClN3O/c1-2-24(17-6-4-3-5-7-17)18-12-13-22-19(14-18)20(25)23-16-10-8-15(21)9-11-16/h3-14H,2H2,1H3,(H,23,25). The molecule has 0 saturated carbocycles. The van der Waals surface area contributed by atoms with Crippen LogP contribution in [0.4, 0.5) is 17.1 Å². The topological polar surface area (TPSA) is 45.2 Å². The van der Waals surface area contributed by atoms with Crippen LogP contribution < -0.4 is 10.2 Å². The maximum Gasteiger partial charge on any atom is 0.274 e. The molecule has 126 valence electrons. The number of anilines is 3. The summed E-state index contributed by atoms with van der Waals surface area (Å²) in [5.74, 6) is -0.256. The van der Waals surface area contributed by atoms with Crippen LogP contribution in [0.1, 0.15) is 17.4 Å². The second-order valence-electron chi connectivity index (χ2n) is 5.44. The summed E-state index contributed by atoms with van der Waals surface area (Å²) in [7, 11) is 0. The van der Waals surface area contributed by atoms with Crippen LogP contribution >= 0.6 is 11.6 Å². The number of rotatable bonds is 5. The van der Waals surface area contributed by atoms with Crippen molar-refractivity contribution in [2.45, 2.75) is 6.92 Å². The molecule has 2 aromatic carbocycles. The average Bonchev–Trinajstić information content (AvgIpc) is 2.65. The zero-order chi connectivity index (χ0) is 17.6.